The van der Waals surface area contributed by atoms with Crippen LogP contribution in [0.1, 0.15) is 32.2 Å². The monoisotopic (exact) mass is 290 g/mol. The van der Waals surface area contributed by atoms with Crippen LogP contribution >= 0.6 is 11.3 Å². The van der Waals surface area contributed by atoms with E-state index in [1.807, 2.05) is 24.4 Å². The van der Waals surface area contributed by atoms with Gasteiger partial charge in [-0.1, -0.05) is 6.07 Å². The summed E-state index contributed by atoms with van der Waals surface area (Å²) in [5.41, 5.74) is 2.26. The van der Waals surface area contributed by atoms with E-state index in [0.29, 0.717) is 0 Å². The zero-order valence-corrected chi connectivity index (χ0v) is 13.4. The van der Waals surface area contributed by atoms with Crippen LogP contribution in [0.5, 0.6) is 0 Å². The molecule has 2 heterocycles. The minimum absolute atomic E-state index is 0.115. The van der Waals surface area contributed by atoms with Crippen molar-refractivity contribution in [2.45, 2.75) is 39.4 Å². The summed E-state index contributed by atoms with van der Waals surface area (Å²) < 4.78 is 0. The van der Waals surface area contributed by atoms with Gasteiger partial charge in [0.1, 0.15) is 0 Å². The molecule has 0 fully saturated rings. The van der Waals surface area contributed by atoms with Crippen LogP contribution in [0.15, 0.2) is 29.8 Å². The standard InChI is InChI=1S/C15H22N4S/c1-15(2,3)17-9-13-11-20-14(18-13)19(4)10-12-7-5-6-8-16-12/h5-8,11,17H,9-10H2,1-4H3. The van der Waals surface area contributed by atoms with Crippen LogP contribution in [0.4, 0.5) is 5.13 Å². The Kier molecular flexibility index (Phi) is 4.73. The largest absolute Gasteiger partial charge is 0.345 e. The number of anilines is 1. The van der Waals surface area contributed by atoms with Crippen LogP contribution in [0, 0.1) is 0 Å². The summed E-state index contributed by atoms with van der Waals surface area (Å²) in [4.78, 5) is 11.1. The second-order valence-electron chi connectivity index (χ2n) is 5.90. The van der Waals surface area contributed by atoms with Crippen LogP contribution in [0.2, 0.25) is 0 Å². The minimum Gasteiger partial charge on any atom is -0.345 e. The lowest BCUT2D eigenvalue weighted by molar-refractivity contribution is 0.422. The Morgan fingerprint density at radius 3 is 2.70 bits per heavy atom. The van der Waals surface area contributed by atoms with Crippen LogP contribution in [0.25, 0.3) is 0 Å². The molecular weight excluding hydrogens is 268 g/mol. The molecule has 2 aromatic rings. The maximum atomic E-state index is 4.66. The first-order valence-electron chi connectivity index (χ1n) is 6.74. The van der Waals surface area contributed by atoms with Crippen LogP contribution in [-0.2, 0) is 13.1 Å². The number of hydrogen-bond acceptors (Lipinski definition) is 5. The molecule has 0 unspecified atom stereocenters. The first-order valence-corrected chi connectivity index (χ1v) is 7.62. The molecule has 5 heteroatoms. The number of aromatic nitrogens is 2. The molecule has 108 valence electrons. The van der Waals surface area contributed by atoms with Gasteiger partial charge in [-0.2, -0.15) is 0 Å². The fourth-order valence-electron chi connectivity index (χ4n) is 1.71. The Labute approximate surface area is 124 Å². The lowest BCUT2D eigenvalue weighted by Gasteiger charge is -2.19. The topological polar surface area (TPSA) is 41.1 Å². The zero-order chi connectivity index (χ0) is 14.6. The van der Waals surface area contributed by atoms with Gasteiger partial charge in [0.05, 0.1) is 17.9 Å². The smallest absolute Gasteiger partial charge is 0.185 e. The van der Waals surface area contributed by atoms with Crippen LogP contribution in [-0.4, -0.2) is 22.6 Å². The summed E-state index contributed by atoms with van der Waals surface area (Å²) in [6.07, 6.45) is 1.82. The average Bonchev–Trinajstić information content (AvgIpc) is 2.86. The second kappa shape index (κ2) is 6.33. The van der Waals surface area contributed by atoms with Gasteiger partial charge in [-0.15, -0.1) is 11.3 Å². The van der Waals surface area contributed by atoms with Gasteiger partial charge < -0.3 is 10.2 Å². The van der Waals surface area contributed by atoms with Gasteiger partial charge in [0.25, 0.3) is 0 Å². The molecule has 2 rings (SSSR count). The quantitative estimate of drug-likeness (QED) is 0.919. The molecule has 0 spiro atoms. The van der Waals surface area contributed by atoms with Gasteiger partial charge in [0.15, 0.2) is 5.13 Å². The lowest BCUT2D eigenvalue weighted by Crippen LogP contribution is -2.35. The third-order valence-electron chi connectivity index (χ3n) is 2.79. The van der Waals surface area contributed by atoms with E-state index < -0.39 is 0 Å². The van der Waals surface area contributed by atoms with Gasteiger partial charge in [-0.05, 0) is 32.9 Å². The van der Waals surface area contributed by atoms with Crippen molar-refractivity contribution in [3.05, 3.63) is 41.2 Å². The van der Waals surface area contributed by atoms with Crippen molar-refractivity contribution in [1.82, 2.24) is 15.3 Å². The number of thiazole rings is 1. The van der Waals surface area contributed by atoms with Gasteiger partial charge in [0.2, 0.25) is 0 Å². The van der Waals surface area contributed by atoms with E-state index in [1.165, 1.54) is 0 Å². The normalized spacial score (nSPS) is 11.6. The van der Waals surface area contributed by atoms with Gasteiger partial charge in [0, 0.05) is 30.7 Å². The lowest BCUT2D eigenvalue weighted by atomic mass is 10.1. The van der Waals surface area contributed by atoms with Crippen molar-refractivity contribution in [2.24, 2.45) is 0 Å². The minimum atomic E-state index is 0.115. The highest BCUT2D eigenvalue weighted by molar-refractivity contribution is 7.13. The van der Waals surface area contributed by atoms with E-state index in [2.05, 4.69) is 53.4 Å². The molecule has 4 nitrogen and oxygen atoms in total. The Morgan fingerprint density at radius 1 is 1.25 bits per heavy atom. The molecule has 0 amide bonds. The van der Waals surface area contributed by atoms with Gasteiger partial charge in [-0.25, -0.2) is 4.98 Å². The Morgan fingerprint density at radius 2 is 2.05 bits per heavy atom. The number of rotatable bonds is 5. The highest BCUT2D eigenvalue weighted by atomic mass is 32.1. The summed E-state index contributed by atoms with van der Waals surface area (Å²) in [6.45, 7) is 8.06. The highest BCUT2D eigenvalue weighted by Gasteiger charge is 2.12. The van der Waals surface area contributed by atoms with Crippen molar-refractivity contribution >= 4 is 16.5 Å². The predicted octanol–water partition coefficient (Wildman–Crippen LogP) is 3.06. The predicted molar refractivity (Wildman–Crippen MR) is 85.1 cm³/mol. The molecule has 20 heavy (non-hydrogen) atoms. The molecule has 2 aromatic heterocycles. The average molecular weight is 290 g/mol. The molecule has 0 radical (unpaired) electrons. The zero-order valence-electron chi connectivity index (χ0n) is 12.6. The molecule has 0 aromatic carbocycles. The summed E-state index contributed by atoms with van der Waals surface area (Å²) in [7, 11) is 2.05. The van der Waals surface area contributed by atoms with E-state index in [-0.39, 0.29) is 5.54 Å². The first-order chi connectivity index (χ1) is 9.44. The third-order valence-corrected chi connectivity index (χ3v) is 3.80. The Balaban J connectivity index is 1.94. The van der Waals surface area contributed by atoms with Crippen molar-refractivity contribution in [1.29, 1.82) is 0 Å². The van der Waals surface area contributed by atoms with Crippen LogP contribution < -0.4 is 10.2 Å². The van der Waals surface area contributed by atoms with E-state index in [4.69, 9.17) is 0 Å². The SMILES string of the molecule is CN(Cc1ccccn1)c1nc(CNC(C)(C)C)cs1. The fraction of sp³-hybridized carbons (Fsp3) is 0.467. The van der Waals surface area contributed by atoms with Gasteiger partial charge >= 0.3 is 0 Å². The maximum Gasteiger partial charge on any atom is 0.185 e. The maximum absolute atomic E-state index is 4.66. The highest BCUT2D eigenvalue weighted by Crippen LogP contribution is 2.21. The molecule has 1 N–H and O–H groups in total. The second-order valence-corrected chi connectivity index (χ2v) is 6.74. The molecule has 0 aliphatic carbocycles. The molecule has 0 saturated heterocycles. The molecule has 0 aliphatic heterocycles. The van der Waals surface area contributed by atoms with Crippen molar-refractivity contribution in [3.8, 4) is 0 Å². The van der Waals surface area contributed by atoms with E-state index >= 15 is 0 Å². The molecular formula is C15H22N4S. The molecule has 0 saturated carbocycles. The molecule has 0 atom stereocenters. The number of nitrogens with zero attached hydrogens (tertiary/aromatic N) is 3. The number of nitrogens with one attached hydrogen (secondary N) is 1. The summed E-state index contributed by atoms with van der Waals surface area (Å²) >= 11 is 1.67. The van der Waals surface area contributed by atoms with E-state index in [9.17, 15) is 0 Å². The van der Waals surface area contributed by atoms with Crippen molar-refractivity contribution < 1.29 is 0 Å². The van der Waals surface area contributed by atoms with E-state index in [0.717, 1.165) is 29.6 Å². The number of pyridine rings is 1. The number of hydrogen-bond donors (Lipinski definition) is 1. The first kappa shape index (κ1) is 14.9. The molecule has 0 bridgehead atoms. The van der Waals surface area contributed by atoms with Gasteiger partial charge in [-0.3, -0.25) is 4.98 Å². The van der Waals surface area contributed by atoms with E-state index in [1.54, 1.807) is 11.3 Å². The van der Waals surface area contributed by atoms with Crippen LogP contribution in [0.3, 0.4) is 0 Å². The molecule has 0 aliphatic rings. The third kappa shape index (κ3) is 4.58. The fourth-order valence-corrected chi connectivity index (χ4v) is 2.50. The van der Waals surface area contributed by atoms with Crippen molar-refractivity contribution in [2.75, 3.05) is 11.9 Å². The Hall–Kier alpha value is -1.46. The van der Waals surface area contributed by atoms with Crippen molar-refractivity contribution in [3.63, 3.8) is 0 Å². The Bertz CT molecular complexity index is 530. The summed E-state index contributed by atoms with van der Waals surface area (Å²) in [5, 5.41) is 6.60. The summed E-state index contributed by atoms with van der Waals surface area (Å²) in [5.74, 6) is 0. The summed E-state index contributed by atoms with van der Waals surface area (Å²) in [6, 6.07) is 5.98.